The molecular formula is C23H24N4O2. The summed E-state index contributed by atoms with van der Waals surface area (Å²) in [6.45, 7) is 6.60. The van der Waals surface area contributed by atoms with Crippen LogP contribution >= 0.6 is 0 Å². The minimum absolute atomic E-state index is 0.0962. The Bertz CT molecular complexity index is 1090. The summed E-state index contributed by atoms with van der Waals surface area (Å²) in [5, 5.41) is 4.39. The molecule has 6 heteroatoms. The lowest BCUT2D eigenvalue weighted by atomic mass is 10.0. The van der Waals surface area contributed by atoms with E-state index in [1.165, 1.54) is 4.90 Å². The van der Waals surface area contributed by atoms with Crippen molar-refractivity contribution in [2.24, 2.45) is 0 Å². The maximum Gasteiger partial charge on any atom is 0.229 e. The van der Waals surface area contributed by atoms with Gasteiger partial charge in [0.05, 0.1) is 12.1 Å². The van der Waals surface area contributed by atoms with Gasteiger partial charge < -0.3 is 5.32 Å². The summed E-state index contributed by atoms with van der Waals surface area (Å²) in [6, 6.07) is 14.0. The lowest BCUT2D eigenvalue weighted by Crippen LogP contribution is -2.28. The van der Waals surface area contributed by atoms with Gasteiger partial charge in [0.15, 0.2) is 0 Å². The first kappa shape index (κ1) is 19.1. The van der Waals surface area contributed by atoms with Gasteiger partial charge in [-0.3, -0.25) is 14.5 Å². The van der Waals surface area contributed by atoms with Crippen molar-refractivity contribution < 1.29 is 9.59 Å². The largest absolute Gasteiger partial charge is 0.365 e. The minimum Gasteiger partial charge on any atom is -0.365 e. The number of nitrogens with one attached hydrogen (secondary N) is 1. The van der Waals surface area contributed by atoms with Crippen molar-refractivity contribution >= 4 is 28.5 Å². The van der Waals surface area contributed by atoms with E-state index in [1.54, 1.807) is 6.33 Å². The van der Waals surface area contributed by atoms with Gasteiger partial charge in [-0.2, -0.15) is 0 Å². The highest BCUT2D eigenvalue weighted by atomic mass is 16.2. The van der Waals surface area contributed by atoms with Crippen molar-refractivity contribution in [2.75, 3.05) is 5.32 Å². The number of hydrogen-bond acceptors (Lipinski definition) is 5. The van der Waals surface area contributed by atoms with Crippen molar-refractivity contribution in [1.29, 1.82) is 0 Å². The SMILES string of the molecule is CC(C)(C)Nc1ncnc2ccc(-c3cccc(CN4C(=O)CCC4=O)c3)cc12. The van der Waals surface area contributed by atoms with Gasteiger partial charge in [-0.15, -0.1) is 0 Å². The zero-order chi connectivity index (χ0) is 20.6. The van der Waals surface area contributed by atoms with Crippen molar-refractivity contribution in [2.45, 2.75) is 45.7 Å². The molecule has 2 amide bonds. The van der Waals surface area contributed by atoms with Crippen LogP contribution in [0.5, 0.6) is 0 Å². The number of carbonyl (C=O) groups excluding carboxylic acids is 2. The highest BCUT2D eigenvalue weighted by Crippen LogP contribution is 2.29. The third-order valence-corrected chi connectivity index (χ3v) is 4.88. The van der Waals surface area contributed by atoms with Gasteiger partial charge >= 0.3 is 0 Å². The second-order valence-corrected chi connectivity index (χ2v) is 8.40. The molecule has 0 atom stereocenters. The van der Waals surface area contributed by atoms with Crippen LogP contribution in [0.15, 0.2) is 48.8 Å². The van der Waals surface area contributed by atoms with E-state index in [0.717, 1.165) is 33.4 Å². The molecule has 148 valence electrons. The Hall–Kier alpha value is -3.28. The highest BCUT2D eigenvalue weighted by Gasteiger charge is 2.28. The first-order valence-corrected chi connectivity index (χ1v) is 9.76. The minimum atomic E-state index is -0.119. The molecule has 1 aliphatic heterocycles. The summed E-state index contributed by atoms with van der Waals surface area (Å²) < 4.78 is 0. The standard InChI is InChI=1S/C23H24N4O2/c1-23(2,3)26-22-18-12-17(7-8-19(18)24-14-25-22)16-6-4-5-15(11-16)13-27-20(28)9-10-21(27)29/h4-8,11-12,14H,9-10,13H2,1-3H3,(H,24,25,26). The van der Waals surface area contributed by atoms with E-state index in [1.807, 2.05) is 36.4 Å². The zero-order valence-electron chi connectivity index (χ0n) is 16.9. The molecule has 2 aromatic carbocycles. The average Bonchev–Trinajstić information content (AvgIpc) is 2.99. The monoisotopic (exact) mass is 388 g/mol. The molecule has 1 aromatic heterocycles. The molecule has 0 spiro atoms. The number of benzene rings is 2. The quantitative estimate of drug-likeness (QED) is 0.680. The van der Waals surface area contributed by atoms with E-state index in [4.69, 9.17) is 0 Å². The summed E-state index contributed by atoms with van der Waals surface area (Å²) in [5.41, 5.74) is 3.74. The van der Waals surface area contributed by atoms with Gasteiger partial charge in [0.2, 0.25) is 11.8 Å². The van der Waals surface area contributed by atoms with E-state index in [2.05, 4.69) is 42.1 Å². The number of carbonyl (C=O) groups is 2. The van der Waals surface area contributed by atoms with E-state index in [0.29, 0.717) is 19.4 Å². The Balaban J connectivity index is 1.68. The molecule has 1 saturated heterocycles. The molecule has 3 aromatic rings. The molecule has 1 aliphatic rings. The van der Waals surface area contributed by atoms with Gasteiger partial charge in [-0.25, -0.2) is 9.97 Å². The Kier molecular flexibility index (Phi) is 4.78. The first-order chi connectivity index (χ1) is 13.8. The molecule has 0 saturated carbocycles. The molecule has 1 fully saturated rings. The van der Waals surface area contributed by atoms with Crippen molar-refractivity contribution in [3.05, 3.63) is 54.4 Å². The smallest absolute Gasteiger partial charge is 0.229 e. The van der Waals surface area contributed by atoms with Gasteiger partial charge in [0.1, 0.15) is 12.1 Å². The average molecular weight is 388 g/mol. The fourth-order valence-electron chi connectivity index (χ4n) is 3.52. The Labute approximate surface area is 170 Å². The van der Waals surface area contributed by atoms with E-state index in [-0.39, 0.29) is 17.4 Å². The molecule has 0 radical (unpaired) electrons. The van der Waals surface area contributed by atoms with Crippen LogP contribution in [0.25, 0.3) is 22.0 Å². The topological polar surface area (TPSA) is 75.2 Å². The second kappa shape index (κ2) is 7.28. The van der Waals surface area contributed by atoms with Crippen LogP contribution in [0.4, 0.5) is 5.82 Å². The fourth-order valence-corrected chi connectivity index (χ4v) is 3.52. The normalized spacial score (nSPS) is 14.7. The molecule has 0 aliphatic carbocycles. The predicted molar refractivity (Wildman–Crippen MR) is 113 cm³/mol. The second-order valence-electron chi connectivity index (χ2n) is 8.40. The first-order valence-electron chi connectivity index (χ1n) is 9.76. The zero-order valence-corrected chi connectivity index (χ0v) is 16.9. The number of aromatic nitrogens is 2. The van der Waals surface area contributed by atoms with Crippen molar-refractivity contribution in [3.8, 4) is 11.1 Å². The van der Waals surface area contributed by atoms with Crippen molar-refractivity contribution in [3.63, 3.8) is 0 Å². The van der Waals surface area contributed by atoms with Crippen LogP contribution in [0, 0.1) is 0 Å². The Morgan fingerprint density at radius 1 is 0.966 bits per heavy atom. The number of amides is 2. The van der Waals surface area contributed by atoms with Crippen LogP contribution in [-0.4, -0.2) is 32.2 Å². The van der Waals surface area contributed by atoms with E-state index < -0.39 is 0 Å². The Morgan fingerprint density at radius 3 is 2.41 bits per heavy atom. The maximum atomic E-state index is 11.9. The molecule has 1 N–H and O–H groups in total. The molecule has 2 heterocycles. The molecule has 0 unspecified atom stereocenters. The van der Waals surface area contributed by atoms with Crippen LogP contribution < -0.4 is 5.32 Å². The van der Waals surface area contributed by atoms with Crippen LogP contribution in [0.2, 0.25) is 0 Å². The number of fused-ring (bicyclic) bond motifs is 1. The molecule has 0 bridgehead atoms. The number of nitrogens with zero attached hydrogens (tertiary/aromatic N) is 3. The van der Waals surface area contributed by atoms with Gasteiger partial charge in [-0.1, -0.05) is 24.3 Å². The van der Waals surface area contributed by atoms with Crippen LogP contribution in [-0.2, 0) is 16.1 Å². The van der Waals surface area contributed by atoms with Crippen molar-refractivity contribution in [1.82, 2.24) is 14.9 Å². The number of anilines is 1. The predicted octanol–water partition coefficient (Wildman–Crippen LogP) is 4.16. The molecular weight excluding hydrogens is 364 g/mol. The number of hydrogen-bond donors (Lipinski definition) is 1. The summed E-state index contributed by atoms with van der Waals surface area (Å²) >= 11 is 0. The number of rotatable bonds is 4. The fraction of sp³-hybridized carbons (Fsp3) is 0.304. The molecule has 29 heavy (non-hydrogen) atoms. The van der Waals surface area contributed by atoms with E-state index in [9.17, 15) is 9.59 Å². The number of imide groups is 1. The lowest BCUT2D eigenvalue weighted by molar-refractivity contribution is -0.139. The van der Waals surface area contributed by atoms with Gasteiger partial charge in [-0.05, 0) is 55.7 Å². The summed E-state index contributed by atoms with van der Waals surface area (Å²) in [5.74, 6) is 0.607. The third-order valence-electron chi connectivity index (χ3n) is 4.88. The highest BCUT2D eigenvalue weighted by molar-refractivity contribution is 6.01. The lowest BCUT2D eigenvalue weighted by Gasteiger charge is -2.22. The summed E-state index contributed by atoms with van der Waals surface area (Å²) in [4.78, 5) is 34.0. The third kappa shape index (κ3) is 4.11. The van der Waals surface area contributed by atoms with Crippen LogP contribution in [0.1, 0.15) is 39.2 Å². The van der Waals surface area contributed by atoms with Gasteiger partial charge in [0, 0.05) is 23.8 Å². The molecule has 4 rings (SSSR count). The number of likely N-dealkylation sites (tertiary alicyclic amines) is 1. The maximum absolute atomic E-state index is 11.9. The Morgan fingerprint density at radius 2 is 1.69 bits per heavy atom. The molecule has 6 nitrogen and oxygen atoms in total. The van der Waals surface area contributed by atoms with Crippen LogP contribution in [0.3, 0.4) is 0 Å². The summed E-state index contributed by atoms with van der Waals surface area (Å²) in [6.07, 6.45) is 2.19. The summed E-state index contributed by atoms with van der Waals surface area (Å²) in [7, 11) is 0. The van der Waals surface area contributed by atoms with Gasteiger partial charge in [0.25, 0.3) is 0 Å². The van der Waals surface area contributed by atoms with E-state index >= 15 is 0 Å².